The van der Waals surface area contributed by atoms with E-state index in [0.29, 0.717) is 22.6 Å². The molecule has 0 spiro atoms. The second-order valence-corrected chi connectivity index (χ2v) is 5.68. The first-order valence-corrected chi connectivity index (χ1v) is 6.97. The van der Waals surface area contributed by atoms with Crippen LogP contribution in [0.2, 0.25) is 0 Å². The molecule has 0 atom stereocenters. The van der Waals surface area contributed by atoms with Crippen molar-refractivity contribution in [3.05, 3.63) is 57.1 Å². The maximum Gasteiger partial charge on any atom is 0.197 e. The van der Waals surface area contributed by atoms with Crippen LogP contribution < -0.4 is 10.5 Å². The maximum atomic E-state index is 12.7. The average Bonchev–Trinajstić information content (AvgIpc) is 2.35. The Bertz CT molecular complexity index is 660. The third-order valence-corrected chi connectivity index (χ3v) is 3.53. The molecule has 0 aliphatic heterocycles. The molecule has 2 aromatic rings. The molecule has 0 unspecified atom stereocenters. The van der Waals surface area contributed by atoms with Crippen LogP contribution in [0.5, 0.6) is 5.75 Å². The van der Waals surface area contributed by atoms with E-state index in [0.717, 1.165) is 15.6 Å². The Morgan fingerprint density at radius 3 is 2.45 bits per heavy atom. The van der Waals surface area contributed by atoms with Gasteiger partial charge >= 0.3 is 0 Å². The molecule has 2 N–H and O–H groups in total. The standard InChI is InChI=1S/C16H16BrNO2/c1-9-4-10(2)15(14(5-9)20-3)16(19)11-6-12(17)8-13(18)7-11/h4-8H,18H2,1-3H3. The van der Waals surface area contributed by atoms with E-state index in [-0.39, 0.29) is 5.78 Å². The number of halogens is 1. The minimum Gasteiger partial charge on any atom is -0.496 e. The zero-order valence-electron chi connectivity index (χ0n) is 11.7. The van der Waals surface area contributed by atoms with Gasteiger partial charge in [0.15, 0.2) is 5.78 Å². The van der Waals surface area contributed by atoms with Gasteiger partial charge in [0.25, 0.3) is 0 Å². The first kappa shape index (κ1) is 14.6. The highest BCUT2D eigenvalue weighted by molar-refractivity contribution is 9.10. The molecule has 104 valence electrons. The van der Waals surface area contributed by atoms with E-state index in [1.165, 1.54) is 0 Å². The topological polar surface area (TPSA) is 52.3 Å². The van der Waals surface area contributed by atoms with Crippen molar-refractivity contribution in [1.82, 2.24) is 0 Å². The number of nitrogens with two attached hydrogens (primary N) is 1. The Labute approximate surface area is 126 Å². The Hall–Kier alpha value is -1.81. The monoisotopic (exact) mass is 333 g/mol. The van der Waals surface area contributed by atoms with E-state index in [1.54, 1.807) is 25.3 Å². The summed E-state index contributed by atoms with van der Waals surface area (Å²) in [5.41, 5.74) is 9.42. The summed E-state index contributed by atoms with van der Waals surface area (Å²) >= 11 is 3.36. The molecule has 0 aliphatic carbocycles. The third-order valence-electron chi connectivity index (χ3n) is 3.07. The molecular formula is C16H16BrNO2. The van der Waals surface area contributed by atoms with Gasteiger partial charge in [-0.3, -0.25) is 4.79 Å². The lowest BCUT2D eigenvalue weighted by Gasteiger charge is -2.12. The molecule has 0 saturated carbocycles. The van der Waals surface area contributed by atoms with Crippen LogP contribution in [0.1, 0.15) is 27.0 Å². The molecule has 4 heteroatoms. The molecule has 0 amide bonds. The number of ether oxygens (including phenoxy) is 1. The fourth-order valence-corrected chi connectivity index (χ4v) is 2.78. The molecule has 3 nitrogen and oxygen atoms in total. The zero-order valence-corrected chi connectivity index (χ0v) is 13.2. The summed E-state index contributed by atoms with van der Waals surface area (Å²) in [6.07, 6.45) is 0. The molecule has 0 saturated heterocycles. The van der Waals surface area contributed by atoms with Crippen LogP contribution in [-0.4, -0.2) is 12.9 Å². The van der Waals surface area contributed by atoms with Gasteiger partial charge in [0.1, 0.15) is 5.75 Å². The van der Waals surface area contributed by atoms with Crippen molar-refractivity contribution < 1.29 is 9.53 Å². The summed E-state index contributed by atoms with van der Waals surface area (Å²) < 4.78 is 6.13. The van der Waals surface area contributed by atoms with Crippen molar-refractivity contribution in [1.29, 1.82) is 0 Å². The number of benzene rings is 2. The SMILES string of the molecule is COc1cc(C)cc(C)c1C(=O)c1cc(N)cc(Br)c1. The largest absolute Gasteiger partial charge is 0.496 e. The van der Waals surface area contributed by atoms with Gasteiger partial charge in [0.05, 0.1) is 12.7 Å². The Kier molecular flexibility index (Phi) is 4.14. The lowest BCUT2D eigenvalue weighted by atomic mass is 9.96. The van der Waals surface area contributed by atoms with Crippen molar-refractivity contribution in [2.45, 2.75) is 13.8 Å². The Balaban J connectivity index is 2.58. The number of aryl methyl sites for hydroxylation is 2. The zero-order chi connectivity index (χ0) is 14.9. The number of carbonyl (C=O) groups excluding carboxylic acids is 1. The molecule has 0 aromatic heterocycles. The van der Waals surface area contributed by atoms with Crippen LogP contribution in [-0.2, 0) is 0 Å². The molecular weight excluding hydrogens is 318 g/mol. The minimum atomic E-state index is -0.0904. The Morgan fingerprint density at radius 2 is 1.85 bits per heavy atom. The van der Waals surface area contributed by atoms with E-state index < -0.39 is 0 Å². The van der Waals surface area contributed by atoms with Gasteiger partial charge in [-0.25, -0.2) is 0 Å². The lowest BCUT2D eigenvalue weighted by molar-refractivity contribution is 0.103. The number of methoxy groups -OCH3 is 1. The first-order valence-electron chi connectivity index (χ1n) is 6.18. The van der Waals surface area contributed by atoms with Crippen molar-refractivity contribution in [2.24, 2.45) is 0 Å². The van der Waals surface area contributed by atoms with Crippen molar-refractivity contribution in [3.63, 3.8) is 0 Å². The van der Waals surface area contributed by atoms with E-state index >= 15 is 0 Å². The minimum absolute atomic E-state index is 0.0904. The van der Waals surface area contributed by atoms with Gasteiger partial charge in [-0.15, -0.1) is 0 Å². The Morgan fingerprint density at radius 1 is 1.15 bits per heavy atom. The molecule has 0 bridgehead atoms. The highest BCUT2D eigenvalue weighted by Gasteiger charge is 2.18. The summed E-state index contributed by atoms with van der Waals surface area (Å²) in [6, 6.07) is 9.03. The summed E-state index contributed by atoms with van der Waals surface area (Å²) in [6.45, 7) is 3.88. The van der Waals surface area contributed by atoms with Gasteiger partial charge in [0.2, 0.25) is 0 Å². The van der Waals surface area contributed by atoms with E-state index in [9.17, 15) is 4.79 Å². The van der Waals surface area contributed by atoms with Crippen molar-refractivity contribution in [2.75, 3.05) is 12.8 Å². The van der Waals surface area contributed by atoms with Crippen LogP contribution in [0.3, 0.4) is 0 Å². The highest BCUT2D eigenvalue weighted by atomic mass is 79.9. The number of rotatable bonds is 3. The number of nitrogen functional groups attached to an aromatic ring is 1. The van der Waals surface area contributed by atoms with E-state index in [4.69, 9.17) is 10.5 Å². The van der Waals surface area contributed by atoms with Crippen molar-refractivity contribution >= 4 is 27.4 Å². The van der Waals surface area contributed by atoms with Crippen LogP contribution in [0, 0.1) is 13.8 Å². The number of carbonyl (C=O) groups is 1. The van der Waals surface area contributed by atoms with Crippen LogP contribution in [0.25, 0.3) is 0 Å². The van der Waals surface area contributed by atoms with E-state index in [2.05, 4.69) is 15.9 Å². The lowest BCUT2D eigenvalue weighted by Crippen LogP contribution is -2.07. The predicted molar refractivity (Wildman–Crippen MR) is 84.5 cm³/mol. The van der Waals surface area contributed by atoms with Gasteiger partial charge < -0.3 is 10.5 Å². The predicted octanol–water partition coefficient (Wildman–Crippen LogP) is 3.89. The summed E-state index contributed by atoms with van der Waals surface area (Å²) in [5, 5.41) is 0. The average molecular weight is 334 g/mol. The fourth-order valence-electron chi connectivity index (χ4n) is 2.27. The maximum absolute atomic E-state index is 12.7. The number of anilines is 1. The van der Waals surface area contributed by atoms with E-state index in [1.807, 2.05) is 26.0 Å². The van der Waals surface area contributed by atoms with Gasteiger partial charge in [0, 0.05) is 15.7 Å². The van der Waals surface area contributed by atoms with Crippen LogP contribution in [0.4, 0.5) is 5.69 Å². The number of ketones is 1. The molecule has 2 rings (SSSR count). The summed E-state index contributed by atoms with van der Waals surface area (Å²) in [7, 11) is 1.57. The van der Waals surface area contributed by atoms with Crippen molar-refractivity contribution in [3.8, 4) is 5.75 Å². The molecule has 0 fully saturated rings. The van der Waals surface area contributed by atoms with Gasteiger partial charge in [-0.2, -0.15) is 0 Å². The third kappa shape index (κ3) is 2.85. The second-order valence-electron chi connectivity index (χ2n) is 4.76. The second kappa shape index (κ2) is 5.67. The number of hydrogen-bond acceptors (Lipinski definition) is 3. The van der Waals surface area contributed by atoms with Crippen LogP contribution >= 0.6 is 15.9 Å². The first-order chi connectivity index (χ1) is 9.42. The smallest absolute Gasteiger partial charge is 0.197 e. The fraction of sp³-hybridized carbons (Fsp3) is 0.188. The molecule has 0 aliphatic rings. The molecule has 20 heavy (non-hydrogen) atoms. The van der Waals surface area contributed by atoms with Crippen LogP contribution in [0.15, 0.2) is 34.8 Å². The quantitative estimate of drug-likeness (QED) is 0.684. The molecule has 0 heterocycles. The summed E-state index contributed by atoms with van der Waals surface area (Å²) in [5.74, 6) is 0.499. The normalized spacial score (nSPS) is 10.4. The summed E-state index contributed by atoms with van der Waals surface area (Å²) in [4.78, 5) is 12.7. The molecule has 0 radical (unpaired) electrons. The van der Waals surface area contributed by atoms with Gasteiger partial charge in [-0.05, 0) is 49.2 Å². The molecule has 2 aromatic carbocycles. The van der Waals surface area contributed by atoms with Gasteiger partial charge in [-0.1, -0.05) is 22.0 Å². The number of hydrogen-bond donors (Lipinski definition) is 1. The highest BCUT2D eigenvalue weighted by Crippen LogP contribution is 2.28.